The highest BCUT2D eigenvalue weighted by molar-refractivity contribution is 7.23. The standard InChI is InChI=1S/C20H21ClN4S2/c1-5-13(6-2)14-9-11(3)24-25-17(12(4)23-19(14)25)18-15(21)10-16(27-18)20-22-7-8-26-20/h7-10,13H,5-6H2,1-4H3. The first-order valence-corrected chi connectivity index (χ1v) is 11.2. The van der Waals surface area contributed by atoms with Crippen molar-refractivity contribution in [3.05, 3.63) is 45.7 Å². The molecular formula is C20H21ClN4S2. The van der Waals surface area contributed by atoms with Crippen molar-refractivity contribution in [3.8, 4) is 20.5 Å². The Labute approximate surface area is 171 Å². The Morgan fingerprint density at radius 2 is 1.96 bits per heavy atom. The highest BCUT2D eigenvalue weighted by Crippen LogP contribution is 2.43. The van der Waals surface area contributed by atoms with Gasteiger partial charge in [0.25, 0.3) is 0 Å². The van der Waals surface area contributed by atoms with Gasteiger partial charge in [0.05, 0.1) is 26.2 Å². The summed E-state index contributed by atoms with van der Waals surface area (Å²) < 4.78 is 1.99. The van der Waals surface area contributed by atoms with Crippen LogP contribution in [0.4, 0.5) is 0 Å². The number of hydrogen-bond donors (Lipinski definition) is 0. The minimum absolute atomic E-state index is 0.480. The first-order valence-electron chi connectivity index (χ1n) is 9.09. The number of aryl methyl sites for hydroxylation is 2. The lowest BCUT2D eigenvalue weighted by atomic mass is 9.95. The molecule has 0 aliphatic heterocycles. The number of thiophene rings is 1. The molecule has 4 heterocycles. The van der Waals surface area contributed by atoms with Crippen molar-refractivity contribution in [3.63, 3.8) is 0 Å². The van der Waals surface area contributed by atoms with E-state index in [1.807, 2.05) is 36.0 Å². The van der Waals surface area contributed by atoms with Crippen LogP contribution in [0.5, 0.6) is 0 Å². The topological polar surface area (TPSA) is 43.1 Å². The summed E-state index contributed by atoms with van der Waals surface area (Å²) in [7, 11) is 0. The van der Waals surface area contributed by atoms with Crippen LogP contribution >= 0.6 is 34.3 Å². The van der Waals surface area contributed by atoms with E-state index in [0.717, 1.165) is 55.4 Å². The van der Waals surface area contributed by atoms with E-state index in [9.17, 15) is 0 Å². The summed E-state index contributed by atoms with van der Waals surface area (Å²) in [4.78, 5) is 11.4. The molecule has 4 rings (SSSR count). The summed E-state index contributed by atoms with van der Waals surface area (Å²) >= 11 is 9.91. The molecule has 4 nitrogen and oxygen atoms in total. The van der Waals surface area contributed by atoms with Crippen LogP contribution in [0, 0.1) is 13.8 Å². The maximum atomic E-state index is 6.64. The van der Waals surface area contributed by atoms with Crippen molar-refractivity contribution < 1.29 is 0 Å². The van der Waals surface area contributed by atoms with E-state index >= 15 is 0 Å². The second-order valence-electron chi connectivity index (χ2n) is 6.66. The molecule has 0 aliphatic rings. The Kier molecular flexibility index (Phi) is 5.05. The van der Waals surface area contributed by atoms with Gasteiger partial charge in [0.2, 0.25) is 0 Å². The molecule has 0 N–H and O–H groups in total. The largest absolute Gasteiger partial charge is 0.244 e. The van der Waals surface area contributed by atoms with Gasteiger partial charge in [-0.3, -0.25) is 0 Å². The summed E-state index contributed by atoms with van der Waals surface area (Å²) in [5.74, 6) is 0.480. The van der Waals surface area contributed by atoms with Gasteiger partial charge in [-0.15, -0.1) is 22.7 Å². The third-order valence-electron chi connectivity index (χ3n) is 4.88. The third kappa shape index (κ3) is 3.20. The Hall–Kier alpha value is -1.76. The molecule has 0 saturated heterocycles. The van der Waals surface area contributed by atoms with Gasteiger partial charge >= 0.3 is 0 Å². The van der Waals surface area contributed by atoms with Crippen molar-refractivity contribution in [2.75, 3.05) is 0 Å². The van der Waals surface area contributed by atoms with Crippen LogP contribution in [0.3, 0.4) is 0 Å². The zero-order valence-corrected chi connectivity index (χ0v) is 18.2. The van der Waals surface area contributed by atoms with Crippen LogP contribution in [0.2, 0.25) is 5.02 Å². The van der Waals surface area contributed by atoms with Crippen molar-refractivity contribution >= 4 is 39.9 Å². The first kappa shape index (κ1) is 18.6. The molecule has 27 heavy (non-hydrogen) atoms. The van der Waals surface area contributed by atoms with E-state index in [2.05, 4.69) is 24.9 Å². The molecule has 0 bridgehead atoms. The molecular weight excluding hydrogens is 396 g/mol. The normalized spacial score (nSPS) is 11.8. The average Bonchev–Trinajstić information content (AvgIpc) is 3.35. The zero-order valence-electron chi connectivity index (χ0n) is 15.8. The zero-order chi connectivity index (χ0) is 19.1. The summed E-state index contributed by atoms with van der Waals surface area (Å²) in [5.41, 5.74) is 5.15. The third-order valence-corrected chi connectivity index (χ3v) is 7.37. The SMILES string of the molecule is CCC(CC)c1cc(C)nn2c(-c3sc(-c4nccs4)cc3Cl)c(C)nc12. The second-order valence-corrected chi connectivity index (χ2v) is 9.01. The van der Waals surface area contributed by atoms with Gasteiger partial charge in [0, 0.05) is 17.1 Å². The van der Waals surface area contributed by atoms with Crippen LogP contribution in [-0.2, 0) is 0 Å². The van der Waals surface area contributed by atoms with Crippen molar-refractivity contribution in [2.45, 2.75) is 46.5 Å². The van der Waals surface area contributed by atoms with Gasteiger partial charge in [-0.25, -0.2) is 14.5 Å². The fraction of sp³-hybridized carbons (Fsp3) is 0.350. The molecule has 4 aromatic rings. The molecule has 0 unspecified atom stereocenters. The predicted octanol–water partition coefficient (Wildman–Crippen LogP) is 6.76. The van der Waals surface area contributed by atoms with E-state index in [0.29, 0.717) is 5.92 Å². The molecule has 0 aliphatic carbocycles. The number of rotatable bonds is 5. The van der Waals surface area contributed by atoms with E-state index in [1.54, 1.807) is 22.7 Å². The molecule has 7 heteroatoms. The maximum Gasteiger partial charge on any atom is 0.158 e. The van der Waals surface area contributed by atoms with Crippen LogP contribution in [0.1, 0.15) is 49.6 Å². The average molecular weight is 417 g/mol. The smallest absolute Gasteiger partial charge is 0.158 e. The molecule has 0 fully saturated rings. The van der Waals surface area contributed by atoms with Gasteiger partial charge in [-0.1, -0.05) is 25.4 Å². The van der Waals surface area contributed by atoms with Crippen LogP contribution in [-0.4, -0.2) is 19.6 Å². The molecule has 0 atom stereocenters. The first-order chi connectivity index (χ1) is 13.0. The Bertz CT molecular complexity index is 1090. The highest BCUT2D eigenvalue weighted by Gasteiger charge is 2.23. The molecule has 4 aromatic heterocycles. The lowest BCUT2D eigenvalue weighted by molar-refractivity contribution is 0.638. The number of aromatic nitrogens is 4. The van der Waals surface area contributed by atoms with Gasteiger partial charge in [-0.2, -0.15) is 5.10 Å². The lowest BCUT2D eigenvalue weighted by Gasteiger charge is -2.14. The molecule has 0 spiro atoms. The fourth-order valence-corrected chi connectivity index (χ4v) is 5.77. The molecule has 0 aromatic carbocycles. The summed E-state index contributed by atoms with van der Waals surface area (Å²) in [5, 5.41) is 8.48. The summed E-state index contributed by atoms with van der Waals surface area (Å²) in [6, 6.07) is 4.18. The van der Waals surface area contributed by atoms with Crippen molar-refractivity contribution in [1.82, 2.24) is 19.6 Å². The highest BCUT2D eigenvalue weighted by atomic mass is 35.5. The molecule has 0 radical (unpaired) electrons. The van der Waals surface area contributed by atoms with Crippen LogP contribution in [0.15, 0.2) is 23.7 Å². The Morgan fingerprint density at radius 3 is 2.63 bits per heavy atom. The number of halogens is 1. The fourth-order valence-electron chi connectivity index (χ4n) is 3.55. The quantitative estimate of drug-likeness (QED) is 0.361. The minimum atomic E-state index is 0.480. The maximum absolute atomic E-state index is 6.64. The number of thiazole rings is 1. The minimum Gasteiger partial charge on any atom is -0.244 e. The second kappa shape index (κ2) is 7.34. The lowest BCUT2D eigenvalue weighted by Crippen LogP contribution is -2.04. The van der Waals surface area contributed by atoms with Crippen LogP contribution in [0.25, 0.3) is 26.1 Å². The van der Waals surface area contributed by atoms with E-state index in [4.69, 9.17) is 21.7 Å². The Morgan fingerprint density at radius 1 is 1.19 bits per heavy atom. The van der Waals surface area contributed by atoms with Gasteiger partial charge in [0.1, 0.15) is 10.7 Å². The van der Waals surface area contributed by atoms with E-state index in [-0.39, 0.29) is 0 Å². The number of nitrogens with zero attached hydrogens (tertiary/aromatic N) is 4. The van der Waals surface area contributed by atoms with Gasteiger partial charge in [-0.05, 0) is 44.7 Å². The number of fused-ring (bicyclic) bond motifs is 1. The van der Waals surface area contributed by atoms with E-state index in [1.165, 1.54) is 5.56 Å². The molecule has 0 saturated carbocycles. The molecule has 140 valence electrons. The summed E-state index contributed by atoms with van der Waals surface area (Å²) in [6.45, 7) is 8.54. The predicted molar refractivity (Wildman–Crippen MR) is 115 cm³/mol. The van der Waals surface area contributed by atoms with Crippen LogP contribution < -0.4 is 0 Å². The molecule has 0 amide bonds. The van der Waals surface area contributed by atoms with E-state index < -0.39 is 0 Å². The number of hydrogen-bond acceptors (Lipinski definition) is 5. The Balaban J connectivity index is 1.95. The van der Waals surface area contributed by atoms with Gasteiger partial charge in [0.15, 0.2) is 5.65 Å². The van der Waals surface area contributed by atoms with Crippen molar-refractivity contribution in [2.24, 2.45) is 0 Å². The monoisotopic (exact) mass is 416 g/mol. The van der Waals surface area contributed by atoms with Gasteiger partial charge < -0.3 is 0 Å². The van der Waals surface area contributed by atoms with Crippen molar-refractivity contribution in [1.29, 1.82) is 0 Å². The number of imidazole rings is 1. The summed E-state index contributed by atoms with van der Waals surface area (Å²) in [6.07, 6.45) is 4.00.